The maximum absolute atomic E-state index is 11.7. The van der Waals surface area contributed by atoms with Crippen LogP contribution in [0.15, 0.2) is 57.5 Å². The van der Waals surface area contributed by atoms with Gasteiger partial charge in [-0.2, -0.15) is 0 Å². The minimum atomic E-state index is -0.606. The number of ether oxygens (including phenoxy) is 1. The second-order valence-electron chi connectivity index (χ2n) is 4.21. The number of anilines is 1. The highest BCUT2D eigenvalue weighted by Crippen LogP contribution is 2.32. The van der Waals surface area contributed by atoms with Gasteiger partial charge in [-0.1, -0.05) is 24.3 Å². The van der Waals surface area contributed by atoms with Gasteiger partial charge in [0.1, 0.15) is 5.75 Å². The summed E-state index contributed by atoms with van der Waals surface area (Å²) in [6.45, 7) is -0.274. The molecule has 2 aromatic carbocycles. The predicted octanol–water partition coefficient (Wildman–Crippen LogP) is 3.94. The second kappa shape index (κ2) is 7.95. The van der Waals surface area contributed by atoms with Crippen LogP contribution in [0.1, 0.15) is 0 Å². The molecule has 0 fully saturated rings. The fourth-order valence-electron chi connectivity index (χ4n) is 1.60. The largest absolute Gasteiger partial charge is 0.481 e. The van der Waals surface area contributed by atoms with Gasteiger partial charge in [0.15, 0.2) is 6.61 Å². The molecule has 0 radical (unpaired) electrons. The van der Waals surface area contributed by atoms with Gasteiger partial charge in [0.25, 0.3) is 5.91 Å². The summed E-state index contributed by atoms with van der Waals surface area (Å²) in [5.41, 5.74) is 0.599. The van der Waals surface area contributed by atoms with E-state index in [1.54, 1.807) is 36.4 Å². The van der Waals surface area contributed by atoms with Crippen LogP contribution >= 0.6 is 31.9 Å². The van der Waals surface area contributed by atoms with E-state index in [1.165, 1.54) is 0 Å². The number of rotatable bonds is 4. The molecule has 0 aliphatic rings. The standard InChI is InChI=1S/C15H12Br2N2O3/c16-11-7-4-8-12(17)14(11)22-9-13(20)19-15(21)18-10-5-2-1-3-6-10/h1-8H,9H2,(H2,18,19,20,21). The fourth-order valence-corrected chi connectivity index (χ4v) is 2.83. The molecule has 0 aromatic heterocycles. The number of hydrogen-bond donors (Lipinski definition) is 2. The number of carbonyl (C=O) groups is 2. The second-order valence-corrected chi connectivity index (χ2v) is 5.92. The molecule has 22 heavy (non-hydrogen) atoms. The molecule has 114 valence electrons. The number of para-hydroxylation sites is 2. The number of imide groups is 1. The normalized spacial score (nSPS) is 9.91. The lowest BCUT2D eigenvalue weighted by atomic mass is 10.3. The quantitative estimate of drug-likeness (QED) is 0.776. The van der Waals surface area contributed by atoms with Crippen LogP contribution in [-0.2, 0) is 4.79 Å². The maximum Gasteiger partial charge on any atom is 0.325 e. The molecular formula is C15H12Br2N2O3. The first kappa shape index (κ1) is 16.5. The van der Waals surface area contributed by atoms with Crippen molar-refractivity contribution in [2.75, 3.05) is 11.9 Å². The maximum atomic E-state index is 11.7. The van der Waals surface area contributed by atoms with Crippen molar-refractivity contribution in [2.45, 2.75) is 0 Å². The Hall–Kier alpha value is -1.86. The van der Waals surface area contributed by atoms with Crippen LogP contribution in [-0.4, -0.2) is 18.5 Å². The first-order chi connectivity index (χ1) is 10.6. The van der Waals surface area contributed by atoms with E-state index in [9.17, 15) is 9.59 Å². The molecule has 0 bridgehead atoms. The van der Waals surface area contributed by atoms with Gasteiger partial charge in [0, 0.05) is 5.69 Å². The number of nitrogens with one attached hydrogen (secondary N) is 2. The molecule has 0 atom stereocenters. The lowest BCUT2D eigenvalue weighted by Gasteiger charge is -2.10. The minimum absolute atomic E-state index is 0.274. The van der Waals surface area contributed by atoms with E-state index < -0.39 is 11.9 Å². The number of hydrogen-bond acceptors (Lipinski definition) is 3. The molecule has 2 rings (SSSR count). The number of urea groups is 1. The fraction of sp³-hybridized carbons (Fsp3) is 0.0667. The summed E-state index contributed by atoms with van der Waals surface area (Å²) in [5, 5.41) is 4.74. The Morgan fingerprint density at radius 1 is 0.955 bits per heavy atom. The lowest BCUT2D eigenvalue weighted by Crippen LogP contribution is -2.37. The third kappa shape index (κ3) is 4.85. The minimum Gasteiger partial charge on any atom is -0.481 e. The van der Waals surface area contributed by atoms with E-state index in [-0.39, 0.29) is 6.61 Å². The van der Waals surface area contributed by atoms with Crippen molar-refractivity contribution in [1.82, 2.24) is 5.32 Å². The molecular weight excluding hydrogens is 416 g/mol. The van der Waals surface area contributed by atoms with Gasteiger partial charge in [0.05, 0.1) is 8.95 Å². The molecule has 7 heteroatoms. The summed E-state index contributed by atoms with van der Waals surface area (Å²) in [7, 11) is 0. The summed E-state index contributed by atoms with van der Waals surface area (Å²) >= 11 is 6.65. The Kier molecular flexibility index (Phi) is 5.97. The SMILES string of the molecule is O=C(COc1c(Br)cccc1Br)NC(=O)Nc1ccccc1. The monoisotopic (exact) mass is 426 g/mol. The first-order valence-corrected chi connectivity index (χ1v) is 7.87. The van der Waals surface area contributed by atoms with Crippen LogP contribution in [0.5, 0.6) is 5.75 Å². The smallest absolute Gasteiger partial charge is 0.325 e. The van der Waals surface area contributed by atoms with Gasteiger partial charge >= 0.3 is 6.03 Å². The van der Waals surface area contributed by atoms with Crippen molar-refractivity contribution in [3.05, 3.63) is 57.5 Å². The number of amides is 3. The van der Waals surface area contributed by atoms with Crippen LogP contribution < -0.4 is 15.4 Å². The van der Waals surface area contributed by atoms with E-state index >= 15 is 0 Å². The molecule has 0 unspecified atom stereocenters. The highest BCUT2D eigenvalue weighted by molar-refractivity contribution is 9.11. The molecule has 0 aliphatic carbocycles. The van der Waals surface area contributed by atoms with Gasteiger partial charge in [-0.25, -0.2) is 4.79 Å². The average molecular weight is 428 g/mol. The van der Waals surface area contributed by atoms with Crippen molar-refractivity contribution < 1.29 is 14.3 Å². The Labute approximate surface area is 144 Å². The van der Waals surface area contributed by atoms with Crippen molar-refractivity contribution in [3.63, 3.8) is 0 Å². The molecule has 0 saturated heterocycles. The van der Waals surface area contributed by atoms with Crippen LogP contribution in [0.2, 0.25) is 0 Å². The van der Waals surface area contributed by atoms with Gasteiger partial charge in [-0.05, 0) is 56.1 Å². The molecule has 5 nitrogen and oxygen atoms in total. The van der Waals surface area contributed by atoms with Gasteiger partial charge in [0.2, 0.25) is 0 Å². The number of halogens is 2. The highest BCUT2D eigenvalue weighted by Gasteiger charge is 2.11. The molecule has 2 N–H and O–H groups in total. The first-order valence-electron chi connectivity index (χ1n) is 6.29. The van der Waals surface area contributed by atoms with E-state index in [4.69, 9.17) is 4.74 Å². The highest BCUT2D eigenvalue weighted by atomic mass is 79.9. The molecule has 3 amide bonds. The van der Waals surface area contributed by atoms with E-state index in [0.29, 0.717) is 20.4 Å². The van der Waals surface area contributed by atoms with Crippen LogP contribution in [0.3, 0.4) is 0 Å². The summed E-state index contributed by atoms with van der Waals surface area (Å²) in [6.07, 6.45) is 0. The Bertz CT molecular complexity index is 657. The molecule has 0 heterocycles. The van der Waals surface area contributed by atoms with Crippen LogP contribution in [0.25, 0.3) is 0 Å². The Balaban J connectivity index is 1.84. The van der Waals surface area contributed by atoms with E-state index in [0.717, 1.165) is 0 Å². The number of benzene rings is 2. The zero-order valence-corrected chi connectivity index (χ0v) is 14.5. The van der Waals surface area contributed by atoms with Crippen molar-refractivity contribution >= 4 is 49.5 Å². The van der Waals surface area contributed by atoms with Crippen molar-refractivity contribution in [1.29, 1.82) is 0 Å². The summed E-state index contributed by atoms with van der Waals surface area (Å²) in [4.78, 5) is 23.4. The third-order valence-electron chi connectivity index (χ3n) is 2.55. The van der Waals surface area contributed by atoms with E-state index in [1.807, 2.05) is 12.1 Å². The van der Waals surface area contributed by atoms with Crippen LogP contribution in [0.4, 0.5) is 10.5 Å². The van der Waals surface area contributed by atoms with E-state index in [2.05, 4.69) is 42.5 Å². The van der Waals surface area contributed by atoms with Gasteiger partial charge < -0.3 is 10.1 Å². The topological polar surface area (TPSA) is 67.4 Å². The molecule has 2 aromatic rings. The molecule has 0 spiro atoms. The van der Waals surface area contributed by atoms with Gasteiger partial charge in [-0.3, -0.25) is 10.1 Å². The van der Waals surface area contributed by atoms with Crippen LogP contribution in [0, 0.1) is 0 Å². The zero-order chi connectivity index (χ0) is 15.9. The average Bonchev–Trinajstić information content (AvgIpc) is 2.47. The molecule has 0 aliphatic heterocycles. The lowest BCUT2D eigenvalue weighted by molar-refractivity contribution is -0.121. The van der Waals surface area contributed by atoms with Crippen molar-refractivity contribution in [3.8, 4) is 5.75 Å². The zero-order valence-electron chi connectivity index (χ0n) is 11.3. The van der Waals surface area contributed by atoms with Crippen molar-refractivity contribution in [2.24, 2.45) is 0 Å². The summed E-state index contributed by atoms with van der Waals surface area (Å²) in [5.74, 6) is -0.0443. The Morgan fingerprint density at radius 3 is 2.23 bits per heavy atom. The molecule has 0 saturated carbocycles. The third-order valence-corrected chi connectivity index (χ3v) is 3.80. The number of carbonyl (C=O) groups excluding carboxylic acids is 2. The predicted molar refractivity (Wildman–Crippen MR) is 90.9 cm³/mol. The summed E-state index contributed by atoms with van der Waals surface area (Å²) < 4.78 is 6.82. The van der Waals surface area contributed by atoms with Gasteiger partial charge in [-0.15, -0.1) is 0 Å². The Morgan fingerprint density at radius 2 is 1.59 bits per heavy atom. The summed E-state index contributed by atoms with van der Waals surface area (Å²) in [6, 6.07) is 13.6.